The lowest BCUT2D eigenvalue weighted by molar-refractivity contribution is 0.0396. The molecule has 1 aromatic rings. The fraction of sp³-hybridized carbons (Fsp3) is 0.667. The van der Waals surface area contributed by atoms with Gasteiger partial charge in [0, 0.05) is 31.6 Å². The van der Waals surface area contributed by atoms with Crippen molar-refractivity contribution in [2.45, 2.75) is 25.0 Å². The number of hydrogen-bond donors (Lipinski definition) is 1. The number of thiophene rings is 1. The summed E-state index contributed by atoms with van der Waals surface area (Å²) in [6, 6.07) is 4.35. The minimum atomic E-state index is 0.166. The zero-order chi connectivity index (χ0) is 11.4. The zero-order valence-electron chi connectivity index (χ0n) is 9.76. The van der Waals surface area contributed by atoms with Gasteiger partial charge < -0.3 is 15.4 Å². The lowest BCUT2D eigenvalue weighted by Gasteiger charge is -2.32. The second kappa shape index (κ2) is 5.77. The monoisotopic (exact) mass is 240 g/mol. The summed E-state index contributed by atoms with van der Waals surface area (Å²) in [5.74, 6) is 0. The number of nitrogens with two attached hydrogens (primary N) is 1. The first-order valence-corrected chi connectivity index (χ1v) is 6.71. The van der Waals surface area contributed by atoms with Crippen LogP contribution in [0.5, 0.6) is 0 Å². The molecule has 1 fully saturated rings. The van der Waals surface area contributed by atoms with Gasteiger partial charge in [0.05, 0.1) is 12.1 Å². The molecule has 1 saturated heterocycles. The van der Waals surface area contributed by atoms with E-state index >= 15 is 0 Å². The number of ether oxygens (including phenoxy) is 1. The van der Waals surface area contributed by atoms with Gasteiger partial charge in [-0.2, -0.15) is 0 Å². The van der Waals surface area contributed by atoms with Gasteiger partial charge in [-0.15, -0.1) is 11.3 Å². The van der Waals surface area contributed by atoms with Crippen LogP contribution in [0.4, 0.5) is 0 Å². The number of methoxy groups -OCH3 is 1. The van der Waals surface area contributed by atoms with Crippen molar-refractivity contribution < 1.29 is 4.74 Å². The van der Waals surface area contributed by atoms with E-state index in [1.165, 1.54) is 4.88 Å². The molecule has 90 valence electrons. The third-order valence-corrected chi connectivity index (χ3v) is 4.24. The predicted octanol–water partition coefficient (Wildman–Crippen LogP) is 1.86. The van der Waals surface area contributed by atoms with Gasteiger partial charge in [0.1, 0.15) is 0 Å². The molecule has 1 unspecified atom stereocenters. The van der Waals surface area contributed by atoms with Crippen LogP contribution >= 0.6 is 11.3 Å². The van der Waals surface area contributed by atoms with Crippen molar-refractivity contribution in [2.75, 3.05) is 26.7 Å². The SMILES string of the molecule is COC1CCN(CC(N)c2cccs2)CC1. The first-order chi connectivity index (χ1) is 7.79. The fourth-order valence-electron chi connectivity index (χ4n) is 2.20. The van der Waals surface area contributed by atoms with Crippen LogP contribution in [0.1, 0.15) is 23.8 Å². The summed E-state index contributed by atoms with van der Waals surface area (Å²) >= 11 is 1.75. The van der Waals surface area contributed by atoms with Gasteiger partial charge in [-0.25, -0.2) is 0 Å². The van der Waals surface area contributed by atoms with Crippen molar-refractivity contribution in [3.05, 3.63) is 22.4 Å². The first-order valence-electron chi connectivity index (χ1n) is 5.83. The summed E-state index contributed by atoms with van der Waals surface area (Å²) in [5.41, 5.74) is 6.17. The fourth-order valence-corrected chi connectivity index (χ4v) is 2.92. The zero-order valence-corrected chi connectivity index (χ0v) is 10.6. The highest BCUT2D eigenvalue weighted by Gasteiger charge is 2.20. The van der Waals surface area contributed by atoms with E-state index in [1.54, 1.807) is 18.4 Å². The quantitative estimate of drug-likeness (QED) is 0.873. The van der Waals surface area contributed by atoms with Gasteiger partial charge in [0.25, 0.3) is 0 Å². The Morgan fingerprint density at radius 3 is 2.88 bits per heavy atom. The largest absolute Gasteiger partial charge is 0.381 e. The Balaban J connectivity index is 1.78. The Kier molecular flexibility index (Phi) is 4.35. The van der Waals surface area contributed by atoms with Crippen LogP contribution in [0.25, 0.3) is 0 Å². The normalized spacial score (nSPS) is 21.1. The van der Waals surface area contributed by atoms with E-state index in [4.69, 9.17) is 10.5 Å². The molecule has 0 amide bonds. The van der Waals surface area contributed by atoms with Crippen molar-refractivity contribution in [3.63, 3.8) is 0 Å². The average molecular weight is 240 g/mol. The van der Waals surface area contributed by atoms with Gasteiger partial charge in [-0.05, 0) is 24.3 Å². The van der Waals surface area contributed by atoms with Crippen molar-refractivity contribution in [3.8, 4) is 0 Å². The van der Waals surface area contributed by atoms with Gasteiger partial charge in [-0.3, -0.25) is 0 Å². The van der Waals surface area contributed by atoms with Crippen LogP contribution in [0.3, 0.4) is 0 Å². The van der Waals surface area contributed by atoms with E-state index in [0.29, 0.717) is 6.10 Å². The molecule has 3 nitrogen and oxygen atoms in total. The molecule has 2 rings (SSSR count). The minimum Gasteiger partial charge on any atom is -0.381 e. The lowest BCUT2D eigenvalue weighted by Crippen LogP contribution is -2.40. The van der Waals surface area contributed by atoms with Crippen LogP contribution in [-0.2, 0) is 4.74 Å². The molecular formula is C12H20N2OS. The maximum absolute atomic E-state index is 6.17. The number of likely N-dealkylation sites (tertiary alicyclic amines) is 1. The van der Waals surface area contributed by atoms with E-state index in [-0.39, 0.29) is 6.04 Å². The Hall–Kier alpha value is -0.420. The molecule has 0 aromatic carbocycles. The molecule has 0 saturated carbocycles. The highest BCUT2D eigenvalue weighted by molar-refractivity contribution is 7.10. The van der Waals surface area contributed by atoms with Crippen molar-refractivity contribution in [1.82, 2.24) is 4.90 Å². The van der Waals surface area contributed by atoms with Crippen LogP contribution in [0.15, 0.2) is 17.5 Å². The Bertz CT molecular complexity index is 294. The molecule has 1 aliphatic heterocycles. The maximum atomic E-state index is 6.17. The van der Waals surface area contributed by atoms with E-state index in [9.17, 15) is 0 Å². The molecule has 0 spiro atoms. The van der Waals surface area contributed by atoms with Gasteiger partial charge in [-0.1, -0.05) is 6.07 Å². The maximum Gasteiger partial charge on any atom is 0.0595 e. The number of hydrogen-bond acceptors (Lipinski definition) is 4. The highest BCUT2D eigenvalue weighted by Crippen LogP contribution is 2.20. The molecule has 16 heavy (non-hydrogen) atoms. The topological polar surface area (TPSA) is 38.5 Å². The average Bonchev–Trinajstić information content (AvgIpc) is 2.83. The molecule has 1 atom stereocenters. The summed E-state index contributed by atoms with van der Waals surface area (Å²) in [6.45, 7) is 3.19. The summed E-state index contributed by atoms with van der Waals surface area (Å²) in [4.78, 5) is 3.73. The summed E-state index contributed by atoms with van der Waals surface area (Å²) in [7, 11) is 1.80. The number of rotatable bonds is 4. The second-order valence-corrected chi connectivity index (χ2v) is 5.34. The Morgan fingerprint density at radius 2 is 2.31 bits per heavy atom. The van der Waals surface area contributed by atoms with Crippen molar-refractivity contribution >= 4 is 11.3 Å². The number of piperidine rings is 1. The van der Waals surface area contributed by atoms with Crippen LogP contribution < -0.4 is 5.73 Å². The summed E-state index contributed by atoms with van der Waals surface area (Å²) in [5, 5.41) is 2.09. The van der Waals surface area contributed by atoms with Gasteiger partial charge in [0.2, 0.25) is 0 Å². The predicted molar refractivity (Wildman–Crippen MR) is 67.7 cm³/mol. The van der Waals surface area contributed by atoms with Crippen LogP contribution in [-0.4, -0.2) is 37.7 Å². The lowest BCUT2D eigenvalue weighted by atomic mass is 10.1. The second-order valence-electron chi connectivity index (χ2n) is 4.36. The first kappa shape index (κ1) is 12.0. The van der Waals surface area contributed by atoms with Crippen LogP contribution in [0.2, 0.25) is 0 Å². The van der Waals surface area contributed by atoms with Crippen LogP contribution in [0, 0.1) is 0 Å². The molecule has 0 bridgehead atoms. The molecule has 1 aromatic heterocycles. The Morgan fingerprint density at radius 1 is 1.56 bits per heavy atom. The van der Waals surface area contributed by atoms with E-state index in [2.05, 4.69) is 22.4 Å². The minimum absolute atomic E-state index is 0.166. The highest BCUT2D eigenvalue weighted by atomic mass is 32.1. The standard InChI is InChI=1S/C12H20N2OS/c1-15-10-4-6-14(7-5-10)9-11(13)12-3-2-8-16-12/h2-3,8,10-11H,4-7,9,13H2,1H3. The van der Waals surface area contributed by atoms with Gasteiger partial charge in [0.15, 0.2) is 0 Å². The molecule has 2 heterocycles. The Labute approximate surface area is 101 Å². The third-order valence-electron chi connectivity index (χ3n) is 3.23. The molecule has 0 aliphatic carbocycles. The van der Waals surface area contributed by atoms with Crippen molar-refractivity contribution in [2.24, 2.45) is 5.73 Å². The van der Waals surface area contributed by atoms with E-state index in [1.807, 2.05) is 0 Å². The van der Waals surface area contributed by atoms with Crippen molar-refractivity contribution in [1.29, 1.82) is 0 Å². The smallest absolute Gasteiger partial charge is 0.0595 e. The molecule has 2 N–H and O–H groups in total. The van der Waals surface area contributed by atoms with Gasteiger partial charge >= 0.3 is 0 Å². The van der Waals surface area contributed by atoms with E-state index in [0.717, 1.165) is 32.5 Å². The summed E-state index contributed by atoms with van der Waals surface area (Å²) < 4.78 is 5.36. The van der Waals surface area contributed by atoms with E-state index < -0.39 is 0 Å². The number of nitrogens with zero attached hydrogens (tertiary/aromatic N) is 1. The third kappa shape index (κ3) is 3.04. The molecule has 1 aliphatic rings. The molecule has 4 heteroatoms. The summed E-state index contributed by atoms with van der Waals surface area (Å²) in [6.07, 6.45) is 2.72. The molecule has 0 radical (unpaired) electrons. The molecular weight excluding hydrogens is 220 g/mol.